The number of rotatable bonds is 7. The molecule has 40 heavy (non-hydrogen) atoms. The lowest BCUT2D eigenvalue weighted by atomic mass is 9.85. The Kier molecular flexibility index (Phi) is 7.82. The predicted octanol–water partition coefficient (Wildman–Crippen LogP) is 5.40. The molecule has 0 unspecified atom stereocenters. The van der Waals surface area contributed by atoms with Crippen LogP contribution in [0.25, 0.3) is 0 Å². The third-order valence-electron chi connectivity index (χ3n) is 6.81. The maximum absolute atomic E-state index is 13.7. The van der Waals surface area contributed by atoms with Crippen LogP contribution in [0.3, 0.4) is 0 Å². The first kappa shape index (κ1) is 27.3. The average molecular weight is 577 g/mol. The van der Waals surface area contributed by atoms with Gasteiger partial charge in [0.05, 0.1) is 28.0 Å². The molecule has 202 valence electrons. The number of amides is 3. The second kappa shape index (κ2) is 11.5. The molecule has 0 saturated carbocycles. The lowest BCUT2D eigenvalue weighted by molar-refractivity contribution is -0.154. The average Bonchev–Trinajstić information content (AvgIpc) is 3.21. The van der Waals surface area contributed by atoms with Gasteiger partial charge >= 0.3 is 5.97 Å². The van der Waals surface area contributed by atoms with E-state index in [-0.39, 0.29) is 21.9 Å². The Labute approximate surface area is 239 Å². The fraction of sp³-hybridized carbons (Fsp3) is 0.167. The van der Waals surface area contributed by atoms with Gasteiger partial charge in [-0.15, -0.1) is 0 Å². The number of carbonyl (C=O) groups is 5. The van der Waals surface area contributed by atoms with Crippen LogP contribution >= 0.6 is 23.2 Å². The molecule has 3 aromatic carbocycles. The largest absolute Gasteiger partial charge is 0.423 e. The van der Waals surface area contributed by atoms with E-state index in [2.05, 4.69) is 0 Å². The quantitative estimate of drug-likeness (QED) is 0.123. The van der Waals surface area contributed by atoms with Crippen LogP contribution in [0.2, 0.25) is 10.0 Å². The van der Waals surface area contributed by atoms with Gasteiger partial charge in [0.2, 0.25) is 0 Å². The number of ketones is 1. The Balaban J connectivity index is 1.40. The third-order valence-corrected chi connectivity index (χ3v) is 7.36. The number of allylic oxidation sites excluding steroid dienone is 2. The highest BCUT2D eigenvalue weighted by molar-refractivity contribution is 6.36. The summed E-state index contributed by atoms with van der Waals surface area (Å²) in [7, 11) is 0. The molecule has 2 atom stereocenters. The van der Waals surface area contributed by atoms with Crippen LogP contribution in [0.4, 0.5) is 0 Å². The summed E-state index contributed by atoms with van der Waals surface area (Å²) in [6.45, 7) is -0.606. The van der Waals surface area contributed by atoms with Crippen LogP contribution in [0.5, 0.6) is 5.75 Å². The summed E-state index contributed by atoms with van der Waals surface area (Å²) in [6.07, 6.45) is 4.39. The van der Waals surface area contributed by atoms with Crippen LogP contribution in [-0.2, 0) is 9.59 Å². The summed E-state index contributed by atoms with van der Waals surface area (Å²) < 4.78 is 5.36. The molecule has 0 spiro atoms. The Bertz CT molecular complexity index is 1510. The molecule has 0 aromatic heterocycles. The smallest absolute Gasteiger partial charge is 0.343 e. The van der Waals surface area contributed by atoms with Gasteiger partial charge in [0.25, 0.3) is 17.7 Å². The molecule has 1 fully saturated rings. The molecule has 5 rings (SSSR count). The van der Waals surface area contributed by atoms with Crippen molar-refractivity contribution in [3.8, 4) is 5.75 Å². The van der Waals surface area contributed by atoms with Crippen molar-refractivity contribution in [1.82, 2.24) is 10.0 Å². The molecule has 3 amide bonds. The van der Waals surface area contributed by atoms with Crippen molar-refractivity contribution >= 4 is 52.7 Å². The van der Waals surface area contributed by atoms with E-state index in [9.17, 15) is 24.0 Å². The number of fused-ring (bicyclic) bond motifs is 1. The number of carbonyl (C=O) groups excluding carboxylic acids is 5. The number of hydrogen-bond acceptors (Lipinski definition) is 6. The third kappa shape index (κ3) is 5.41. The Morgan fingerprint density at radius 2 is 1.45 bits per heavy atom. The number of hydrogen-bond donors (Lipinski definition) is 0. The molecule has 1 aliphatic carbocycles. The maximum Gasteiger partial charge on any atom is 0.343 e. The van der Waals surface area contributed by atoms with Crippen molar-refractivity contribution in [1.29, 1.82) is 0 Å². The molecular weight excluding hydrogens is 555 g/mol. The van der Waals surface area contributed by atoms with Gasteiger partial charge in [0.15, 0.2) is 5.78 Å². The van der Waals surface area contributed by atoms with Gasteiger partial charge in [0.1, 0.15) is 12.3 Å². The van der Waals surface area contributed by atoms with Gasteiger partial charge in [-0.2, -0.15) is 5.01 Å². The van der Waals surface area contributed by atoms with Crippen LogP contribution in [0.1, 0.15) is 43.9 Å². The standard InChI is InChI=1S/C30H22Cl2N2O6/c31-20-12-15-24(25(32)16-20)27(36)33(34-28(37)22-8-4-5-9-23(22)29(34)38)17-26(35)18-10-13-21(14-11-18)40-30(39)19-6-2-1-3-7-19/h1-7,10-16,22-23H,8-9,17H2/t22-,23-/m1/s1. The zero-order valence-electron chi connectivity index (χ0n) is 21.0. The van der Waals surface area contributed by atoms with Gasteiger partial charge in [-0.3, -0.25) is 19.2 Å². The molecule has 8 nitrogen and oxygen atoms in total. The lowest BCUT2D eigenvalue weighted by Gasteiger charge is -2.30. The minimum atomic E-state index is -0.795. The molecular formula is C30H22Cl2N2O6. The van der Waals surface area contributed by atoms with E-state index in [4.69, 9.17) is 27.9 Å². The fourth-order valence-electron chi connectivity index (χ4n) is 4.73. The van der Waals surface area contributed by atoms with Crippen LogP contribution in [0.15, 0.2) is 84.9 Å². The highest BCUT2D eigenvalue weighted by Crippen LogP contribution is 2.36. The number of hydrazine groups is 1. The van der Waals surface area contributed by atoms with Crippen molar-refractivity contribution < 1.29 is 28.7 Å². The SMILES string of the molecule is O=C(CN(C(=O)c1ccc(Cl)cc1Cl)N1C(=O)[C@@H]2CC=CC[C@H]2C1=O)c1ccc(OC(=O)c2ccccc2)cc1. The van der Waals surface area contributed by atoms with Crippen molar-refractivity contribution in [2.45, 2.75) is 12.8 Å². The van der Waals surface area contributed by atoms with E-state index in [1.54, 1.807) is 30.3 Å². The normalized spacial score (nSPS) is 17.9. The second-order valence-corrected chi connectivity index (χ2v) is 10.2. The van der Waals surface area contributed by atoms with Crippen molar-refractivity contribution in [3.63, 3.8) is 0 Å². The molecule has 0 bridgehead atoms. The number of esters is 1. The van der Waals surface area contributed by atoms with Gasteiger partial charge in [-0.1, -0.05) is 53.6 Å². The molecule has 2 aliphatic rings. The monoisotopic (exact) mass is 576 g/mol. The van der Waals surface area contributed by atoms with Crippen molar-refractivity contribution in [3.05, 3.63) is 112 Å². The maximum atomic E-state index is 13.7. The minimum Gasteiger partial charge on any atom is -0.423 e. The number of ether oxygens (including phenoxy) is 1. The van der Waals surface area contributed by atoms with E-state index in [1.807, 2.05) is 12.2 Å². The number of Topliss-reactive ketones (excluding diaryl/α,β-unsaturated/α-hetero) is 1. The predicted molar refractivity (Wildman–Crippen MR) is 147 cm³/mol. The van der Waals surface area contributed by atoms with Crippen LogP contribution in [-0.4, -0.2) is 46.0 Å². The van der Waals surface area contributed by atoms with E-state index >= 15 is 0 Å². The van der Waals surface area contributed by atoms with Gasteiger partial charge in [0, 0.05) is 10.6 Å². The zero-order valence-corrected chi connectivity index (χ0v) is 22.5. The second-order valence-electron chi connectivity index (χ2n) is 9.33. The molecule has 3 aromatic rings. The summed E-state index contributed by atoms with van der Waals surface area (Å²) in [4.78, 5) is 66.0. The molecule has 10 heteroatoms. The summed E-state index contributed by atoms with van der Waals surface area (Å²) in [6, 6.07) is 18.4. The topological polar surface area (TPSA) is 101 Å². The van der Waals surface area contributed by atoms with Crippen LogP contribution in [0, 0.1) is 11.8 Å². The summed E-state index contributed by atoms with van der Waals surface area (Å²) >= 11 is 12.3. The van der Waals surface area contributed by atoms with Gasteiger partial charge in [-0.05, 0) is 67.4 Å². The summed E-state index contributed by atoms with van der Waals surface area (Å²) in [5, 5.41) is 1.94. The molecule has 1 heterocycles. The van der Waals surface area contributed by atoms with Crippen LogP contribution < -0.4 is 4.74 Å². The molecule has 0 N–H and O–H groups in total. The number of nitrogens with zero attached hydrogens (tertiary/aromatic N) is 2. The van der Waals surface area contributed by atoms with E-state index in [1.165, 1.54) is 42.5 Å². The van der Waals surface area contributed by atoms with Gasteiger partial charge < -0.3 is 4.74 Å². The Morgan fingerprint density at radius 3 is 2.05 bits per heavy atom. The molecule has 1 saturated heterocycles. The number of halogens is 2. The van der Waals surface area contributed by atoms with Crippen molar-refractivity contribution in [2.75, 3.05) is 6.54 Å². The van der Waals surface area contributed by atoms with E-state index in [0.29, 0.717) is 23.4 Å². The highest BCUT2D eigenvalue weighted by Gasteiger charge is 2.51. The molecule has 1 aliphatic heterocycles. The van der Waals surface area contributed by atoms with Crippen molar-refractivity contribution in [2.24, 2.45) is 11.8 Å². The minimum absolute atomic E-state index is 0.0118. The first-order valence-corrected chi connectivity index (χ1v) is 13.2. The highest BCUT2D eigenvalue weighted by atomic mass is 35.5. The summed E-state index contributed by atoms with van der Waals surface area (Å²) in [5.74, 6) is -4.00. The van der Waals surface area contributed by atoms with Gasteiger partial charge in [-0.25, -0.2) is 9.80 Å². The Hall–Kier alpha value is -4.27. The van der Waals surface area contributed by atoms with E-state index < -0.39 is 47.9 Å². The number of imide groups is 1. The molecule has 0 radical (unpaired) electrons. The Morgan fingerprint density at radius 1 is 0.825 bits per heavy atom. The first-order chi connectivity index (χ1) is 19.2. The summed E-state index contributed by atoms with van der Waals surface area (Å²) in [5.41, 5.74) is 0.529. The lowest BCUT2D eigenvalue weighted by Crippen LogP contribution is -2.52. The van der Waals surface area contributed by atoms with E-state index in [0.717, 1.165) is 10.0 Å². The zero-order chi connectivity index (χ0) is 28.4. The first-order valence-electron chi connectivity index (χ1n) is 12.4. The fourth-order valence-corrected chi connectivity index (χ4v) is 5.22. The number of benzene rings is 3.